The van der Waals surface area contributed by atoms with Crippen LogP contribution >= 0.6 is 0 Å². The molecule has 16 rings (SSSR count). The molecular formula is C81H70N4O4. The molecule has 0 atom stereocenters. The Morgan fingerprint density at radius 1 is 0.303 bits per heavy atom. The fourth-order valence-electron chi connectivity index (χ4n) is 11.9. The number of aromatic nitrogens is 4. The minimum Gasteiger partial charge on any atom is -0.455 e. The monoisotopic (exact) mass is 1160 g/mol. The lowest BCUT2D eigenvalue weighted by atomic mass is 10.0. The molecule has 0 unspecified atom stereocenters. The summed E-state index contributed by atoms with van der Waals surface area (Å²) in [6.07, 6.45) is 7.59. The van der Waals surface area contributed by atoms with Gasteiger partial charge in [0.25, 0.3) is 0 Å². The molecule has 89 heavy (non-hydrogen) atoms. The Hall–Kier alpha value is -10.4. The second kappa shape index (κ2) is 24.4. The number of hydrogen-bond acceptors (Lipinski definition) is 8. The maximum atomic E-state index is 6.32. The van der Waals surface area contributed by atoms with E-state index in [-0.39, 0.29) is 0 Å². The van der Waals surface area contributed by atoms with Gasteiger partial charge in [-0.15, -0.1) is 0 Å². The van der Waals surface area contributed by atoms with Crippen molar-refractivity contribution in [1.82, 2.24) is 19.9 Å². The summed E-state index contributed by atoms with van der Waals surface area (Å²) in [6.45, 7) is 21.3. The van der Waals surface area contributed by atoms with Gasteiger partial charge in [0, 0.05) is 96.2 Å². The minimum absolute atomic E-state index is 0.335. The van der Waals surface area contributed by atoms with Crippen molar-refractivity contribution < 1.29 is 17.7 Å². The molecule has 0 radical (unpaired) electrons. The fraction of sp³-hybridized carbons (Fsp3) is 0.160. The molecule has 16 aromatic rings. The van der Waals surface area contributed by atoms with Gasteiger partial charge in [0.2, 0.25) is 0 Å². The van der Waals surface area contributed by atoms with Gasteiger partial charge in [-0.2, -0.15) is 0 Å². The van der Waals surface area contributed by atoms with Crippen molar-refractivity contribution in [2.75, 3.05) is 0 Å². The quantitative estimate of drug-likeness (QED) is 0.155. The molecule has 0 aliphatic rings. The van der Waals surface area contributed by atoms with Crippen molar-refractivity contribution in [2.24, 2.45) is 0 Å². The lowest BCUT2D eigenvalue weighted by Crippen LogP contribution is -1.91. The van der Waals surface area contributed by atoms with E-state index in [1.54, 1.807) is 0 Å². The topological polar surface area (TPSA) is 104 Å². The number of para-hydroxylation sites is 4. The van der Waals surface area contributed by atoms with E-state index in [1.807, 2.05) is 68.1 Å². The summed E-state index contributed by atoms with van der Waals surface area (Å²) in [5.74, 6) is 1.13. The fourth-order valence-corrected chi connectivity index (χ4v) is 11.9. The second-order valence-corrected chi connectivity index (χ2v) is 24.1. The maximum Gasteiger partial charge on any atom is 0.157 e. The first-order chi connectivity index (χ1) is 43.3. The van der Waals surface area contributed by atoms with E-state index in [9.17, 15) is 0 Å². The van der Waals surface area contributed by atoms with Crippen LogP contribution in [0.1, 0.15) is 98.5 Å². The van der Waals surface area contributed by atoms with Crippen LogP contribution in [-0.2, 0) is 0 Å². The van der Waals surface area contributed by atoms with E-state index >= 15 is 0 Å². The van der Waals surface area contributed by atoms with Crippen LogP contribution in [0.5, 0.6) is 0 Å². The molecule has 0 spiro atoms. The van der Waals surface area contributed by atoms with Crippen LogP contribution < -0.4 is 0 Å². The zero-order valence-corrected chi connectivity index (χ0v) is 52.0. The molecule has 0 saturated heterocycles. The Kier molecular flexibility index (Phi) is 15.8. The summed E-state index contributed by atoms with van der Waals surface area (Å²) in [5.41, 5.74) is 26.6. The molecule has 0 fully saturated rings. The number of fused-ring (bicyclic) bond motifs is 12. The zero-order chi connectivity index (χ0) is 61.4. The van der Waals surface area contributed by atoms with Crippen molar-refractivity contribution in [1.29, 1.82) is 0 Å². The predicted octanol–water partition coefficient (Wildman–Crippen LogP) is 23.2. The summed E-state index contributed by atoms with van der Waals surface area (Å²) in [4.78, 5) is 18.1. The highest BCUT2D eigenvalue weighted by atomic mass is 16.3. The summed E-state index contributed by atoms with van der Waals surface area (Å²) >= 11 is 0. The number of pyridine rings is 4. The third kappa shape index (κ3) is 11.2. The van der Waals surface area contributed by atoms with Crippen LogP contribution in [0.15, 0.2) is 243 Å². The lowest BCUT2D eigenvalue weighted by molar-refractivity contribution is 0.651. The number of nitrogens with zero attached hydrogens (tertiary/aromatic N) is 4. The van der Waals surface area contributed by atoms with Crippen LogP contribution in [0.2, 0.25) is 0 Å². The molecular weight excluding hydrogens is 1090 g/mol. The third-order valence-corrected chi connectivity index (χ3v) is 16.7. The maximum absolute atomic E-state index is 6.32. The first-order valence-corrected chi connectivity index (χ1v) is 30.7. The third-order valence-electron chi connectivity index (χ3n) is 16.7. The van der Waals surface area contributed by atoms with Crippen molar-refractivity contribution in [2.45, 2.75) is 87.0 Å². The summed E-state index contributed by atoms with van der Waals surface area (Å²) in [6, 6.07) is 69.3. The minimum atomic E-state index is 0.335. The average molecular weight is 1160 g/mol. The Morgan fingerprint density at radius 3 is 1.29 bits per heavy atom. The Bertz CT molecular complexity index is 4800. The molecule has 8 nitrogen and oxygen atoms in total. The highest BCUT2D eigenvalue weighted by molar-refractivity contribution is 6.12. The van der Waals surface area contributed by atoms with Crippen molar-refractivity contribution in [3.05, 3.63) is 264 Å². The van der Waals surface area contributed by atoms with Gasteiger partial charge in [-0.1, -0.05) is 222 Å². The van der Waals surface area contributed by atoms with E-state index < -0.39 is 0 Å². The molecule has 438 valence electrons. The number of benzene rings is 8. The predicted molar refractivity (Wildman–Crippen MR) is 369 cm³/mol. The zero-order valence-electron chi connectivity index (χ0n) is 52.0. The van der Waals surface area contributed by atoms with E-state index in [1.165, 1.54) is 38.9 Å². The number of hydrogen-bond donors (Lipinski definition) is 0. The second-order valence-electron chi connectivity index (χ2n) is 24.1. The largest absolute Gasteiger partial charge is 0.455 e. The molecule has 0 amide bonds. The first-order valence-electron chi connectivity index (χ1n) is 30.7. The normalized spacial score (nSPS) is 11.6. The standard InChI is InChI=1S/3C21H19NO.C18H13NO/c1-13(2)18-11-22-12-19-17-6-4-5-16(20(17)23-21(18)19)15-9-7-14(3)8-10-15;1-13(2)16-11-12-22-19-18-6-4-5-17(20(18)23-21(16)19)15-9-7-14(3)8-10-15;1-13(2)19-21-18(11-12-22-19)17-6-4-5-16(20(17)23-21)15-9-7-14(3)8-10-15;1-12-10-11-16-17(19-12)15-9-5-8-14(18(15)20-16)13-6-3-2-4-7-13/h3*4-13H,1-3H3;2-11H,1H3. The van der Waals surface area contributed by atoms with Crippen molar-refractivity contribution >= 4 is 88.0 Å². The van der Waals surface area contributed by atoms with E-state index in [2.05, 4.69) is 246 Å². The molecule has 8 heteroatoms. The summed E-state index contributed by atoms with van der Waals surface area (Å²) in [5, 5.41) is 6.69. The van der Waals surface area contributed by atoms with E-state index in [4.69, 9.17) is 17.7 Å². The van der Waals surface area contributed by atoms with E-state index in [0.717, 1.165) is 133 Å². The summed E-state index contributed by atoms with van der Waals surface area (Å²) < 4.78 is 24.9. The molecule has 0 aliphatic carbocycles. The number of rotatable bonds is 7. The molecule has 0 N–H and O–H groups in total. The van der Waals surface area contributed by atoms with Gasteiger partial charge >= 0.3 is 0 Å². The number of furan rings is 4. The molecule has 8 aromatic heterocycles. The number of aryl methyl sites for hydroxylation is 4. The Morgan fingerprint density at radius 2 is 0.753 bits per heavy atom. The highest BCUT2D eigenvalue weighted by Crippen LogP contribution is 2.42. The van der Waals surface area contributed by atoms with Crippen LogP contribution in [0.4, 0.5) is 0 Å². The smallest absolute Gasteiger partial charge is 0.157 e. The van der Waals surface area contributed by atoms with E-state index in [0.29, 0.717) is 17.8 Å². The Labute approximate surface area is 518 Å². The van der Waals surface area contributed by atoms with Gasteiger partial charge in [-0.05, 0) is 104 Å². The van der Waals surface area contributed by atoms with Crippen molar-refractivity contribution in [3.63, 3.8) is 0 Å². The van der Waals surface area contributed by atoms with Crippen LogP contribution in [-0.4, -0.2) is 19.9 Å². The van der Waals surface area contributed by atoms with Crippen LogP contribution in [0.3, 0.4) is 0 Å². The van der Waals surface area contributed by atoms with Crippen LogP contribution in [0.25, 0.3) is 133 Å². The van der Waals surface area contributed by atoms with Gasteiger partial charge in [0.05, 0.1) is 5.69 Å². The Balaban J connectivity index is 0.000000109. The molecule has 0 bridgehead atoms. The SMILES string of the molecule is Cc1ccc(-c2cccc3c2oc2c(C(C)C)ccnc23)cc1.Cc1ccc(-c2cccc3c2oc2c(C(C)C)cncc23)cc1.Cc1ccc(-c2cccc3c2oc2c(C(C)C)nccc23)cc1.Cc1ccc2oc3c(-c4ccccc4)cccc3c2n1. The molecule has 8 heterocycles. The molecule has 8 aromatic carbocycles. The first kappa shape index (κ1) is 57.6. The van der Waals surface area contributed by atoms with Gasteiger partial charge in [-0.25, -0.2) is 4.98 Å². The van der Waals surface area contributed by atoms with Gasteiger partial charge in [0.1, 0.15) is 38.9 Å². The van der Waals surface area contributed by atoms with Gasteiger partial charge in [-0.3, -0.25) is 15.0 Å². The summed E-state index contributed by atoms with van der Waals surface area (Å²) in [7, 11) is 0. The average Bonchev–Trinajstić information content (AvgIpc) is 2.18. The van der Waals surface area contributed by atoms with Crippen molar-refractivity contribution in [3.8, 4) is 44.5 Å². The molecule has 0 aliphatic heterocycles. The highest BCUT2D eigenvalue weighted by Gasteiger charge is 2.21. The lowest BCUT2D eigenvalue weighted by Gasteiger charge is -2.04. The van der Waals surface area contributed by atoms with Crippen LogP contribution in [0, 0.1) is 27.7 Å². The van der Waals surface area contributed by atoms with Gasteiger partial charge < -0.3 is 17.7 Å². The van der Waals surface area contributed by atoms with Gasteiger partial charge in [0.15, 0.2) is 16.7 Å². The molecule has 0 saturated carbocycles.